The van der Waals surface area contributed by atoms with E-state index in [9.17, 15) is 0 Å². The van der Waals surface area contributed by atoms with Crippen LogP contribution in [0.1, 0.15) is 29.3 Å². The zero-order valence-corrected chi connectivity index (χ0v) is 12.2. The van der Waals surface area contributed by atoms with Crippen LogP contribution in [0.25, 0.3) is 11.0 Å². The molecule has 21 heavy (non-hydrogen) atoms. The van der Waals surface area contributed by atoms with Gasteiger partial charge in [0.1, 0.15) is 11.3 Å². The third-order valence-electron chi connectivity index (χ3n) is 3.80. The topological polar surface area (TPSA) is 51.2 Å². The van der Waals surface area contributed by atoms with Crippen molar-refractivity contribution < 1.29 is 4.42 Å². The summed E-state index contributed by atoms with van der Waals surface area (Å²) in [7, 11) is 0. The minimum Gasteiger partial charge on any atom is -0.459 e. The number of fused-ring (bicyclic) bond motifs is 1. The van der Waals surface area contributed by atoms with Crippen molar-refractivity contribution in [2.24, 2.45) is 5.84 Å². The first-order valence-corrected chi connectivity index (χ1v) is 7.26. The molecule has 3 heteroatoms. The average molecular weight is 280 g/mol. The second-order valence-electron chi connectivity index (χ2n) is 5.43. The molecule has 0 aliphatic carbocycles. The van der Waals surface area contributed by atoms with Crippen LogP contribution in [0.2, 0.25) is 0 Å². The Kier molecular flexibility index (Phi) is 4.04. The van der Waals surface area contributed by atoms with Crippen molar-refractivity contribution in [3.8, 4) is 0 Å². The van der Waals surface area contributed by atoms with E-state index in [-0.39, 0.29) is 6.04 Å². The fraction of sp³-hybridized carbons (Fsp3) is 0.222. The van der Waals surface area contributed by atoms with E-state index in [1.807, 2.05) is 12.1 Å². The van der Waals surface area contributed by atoms with Gasteiger partial charge in [0.15, 0.2) is 0 Å². The summed E-state index contributed by atoms with van der Waals surface area (Å²) in [5, 5.41) is 1.13. The summed E-state index contributed by atoms with van der Waals surface area (Å²) in [5.41, 5.74) is 6.33. The van der Waals surface area contributed by atoms with E-state index < -0.39 is 0 Å². The highest BCUT2D eigenvalue weighted by Gasteiger charge is 2.15. The monoisotopic (exact) mass is 280 g/mol. The van der Waals surface area contributed by atoms with Gasteiger partial charge in [-0.1, -0.05) is 42.0 Å². The number of nitrogens with two attached hydrogens (primary N) is 1. The number of rotatable bonds is 5. The van der Waals surface area contributed by atoms with Crippen molar-refractivity contribution in [1.82, 2.24) is 5.43 Å². The lowest BCUT2D eigenvalue weighted by Crippen LogP contribution is -2.28. The quantitative estimate of drug-likeness (QED) is 0.551. The molecule has 0 aliphatic rings. The Morgan fingerprint density at radius 1 is 1.10 bits per heavy atom. The molecule has 0 amide bonds. The molecule has 108 valence electrons. The van der Waals surface area contributed by atoms with Gasteiger partial charge in [-0.15, -0.1) is 0 Å². The predicted octanol–water partition coefficient (Wildman–Crippen LogP) is 3.88. The summed E-state index contributed by atoms with van der Waals surface area (Å²) in [6.07, 6.45) is 1.87. The van der Waals surface area contributed by atoms with Gasteiger partial charge in [-0.05, 0) is 43.5 Å². The normalized spacial score (nSPS) is 12.7. The molecule has 3 aromatic rings. The van der Waals surface area contributed by atoms with Crippen molar-refractivity contribution in [2.45, 2.75) is 25.8 Å². The molecule has 3 N–H and O–H groups in total. The summed E-state index contributed by atoms with van der Waals surface area (Å²) in [4.78, 5) is 0. The molecule has 1 aromatic heterocycles. The number of benzene rings is 2. The van der Waals surface area contributed by atoms with E-state index in [0.29, 0.717) is 0 Å². The Balaban J connectivity index is 1.78. The third-order valence-corrected chi connectivity index (χ3v) is 3.80. The van der Waals surface area contributed by atoms with Crippen LogP contribution in [0.4, 0.5) is 0 Å². The second kappa shape index (κ2) is 6.12. The van der Waals surface area contributed by atoms with Crippen LogP contribution in [-0.4, -0.2) is 0 Å². The highest BCUT2D eigenvalue weighted by molar-refractivity contribution is 5.78. The van der Waals surface area contributed by atoms with Gasteiger partial charge in [0.2, 0.25) is 0 Å². The van der Waals surface area contributed by atoms with E-state index in [1.54, 1.807) is 0 Å². The summed E-state index contributed by atoms with van der Waals surface area (Å²) in [6.45, 7) is 2.08. The smallest absolute Gasteiger partial charge is 0.134 e. The lowest BCUT2D eigenvalue weighted by molar-refractivity contribution is 0.417. The number of hydrogen-bond donors (Lipinski definition) is 2. The van der Waals surface area contributed by atoms with E-state index >= 15 is 0 Å². The molecule has 3 nitrogen and oxygen atoms in total. The largest absolute Gasteiger partial charge is 0.459 e. The standard InChI is InChI=1S/C18H20N2O/c1-13-7-10-17-15(11-13)12-18(21-17)16(20-19)9-8-14-5-3-2-4-6-14/h2-7,10-12,16,20H,8-9,19H2,1H3. The van der Waals surface area contributed by atoms with Crippen molar-refractivity contribution in [3.63, 3.8) is 0 Å². The van der Waals surface area contributed by atoms with Crippen LogP contribution in [0.15, 0.2) is 59.0 Å². The van der Waals surface area contributed by atoms with E-state index in [4.69, 9.17) is 10.3 Å². The Labute approximate surface area is 124 Å². The van der Waals surface area contributed by atoms with Gasteiger partial charge in [0.25, 0.3) is 0 Å². The average Bonchev–Trinajstić information content (AvgIpc) is 2.92. The molecular weight excluding hydrogens is 260 g/mol. The third kappa shape index (κ3) is 3.15. The van der Waals surface area contributed by atoms with Gasteiger partial charge >= 0.3 is 0 Å². The van der Waals surface area contributed by atoms with E-state index in [0.717, 1.165) is 29.6 Å². The van der Waals surface area contributed by atoms with E-state index in [2.05, 4.69) is 54.8 Å². The zero-order valence-electron chi connectivity index (χ0n) is 12.2. The summed E-state index contributed by atoms with van der Waals surface area (Å²) in [6, 6.07) is 18.7. The summed E-state index contributed by atoms with van der Waals surface area (Å²) >= 11 is 0. The first-order valence-electron chi connectivity index (χ1n) is 7.26. The SMILES string of the molecule is Cc1ccc2oc(C(CCc3ccccc3)NN)cc2c1. The van der Waals surface area contributed by atoms with E-state index in [1.165, 1.54) is 11.1 Å². The second-order valence-corrected chi connectivity index (χ2v) is 5.43. The van der Waals surface area contributed by atoms with Crippen molar-refractivity contribution >= 4 is 11.0 Å². The molecule has 0 bridgehead atoms. The number of nitrogens with one attached hydrogen (secondary N) is 1. The number of furan rings is 1. The lowest BCUT2D eigenvalue weighted by Gasteiger charge is -2.12. The van der Waals surface area contributed by atoms with Crippen molar-refractivity contribution in [1.29, 1.82) is 0 Å². The number of hydrogen-bond acceptors (Lipinski definition) is 3. The maximum absolute atomic E-state index is 5.92. The molecule has 0 fully saturated rings. The van der Waals surface area contributed by atoms with Crippen molar-refractivity contribution in [2.75, 3.05) is 0 Å². The number of aryl methyl sites for hydroxylation is 2. The fourth-order valence-corrected chi connectivity index (χ4v) is 2.62. The minimum absolute atomic E-state index is 0.0258. The first-order chi connectivity index (χ1) is 10.3. The molecular formula is C18H20N2O. The van der Waals surface area contributed by atoms with Crippen LogP contribution in [0.3, 0.4) is 0 Å². The minimum atomic E-state index is 0.0258. The first kappa shape index (κ1) is 13.9. The lowest BCUT2D eigenvalue weighted by atomic mass is 10.0. The molecule has 0 aliphatic heterocycles. The molecule has 0 radical (unpaired) electrons. The molecule has 1 heterocycles. The zero-order chi connectivity index (χ0) is 14.7. The fourth-order valence-electron chi connectivity index (χ4n) is 2.62. The highest BCUT2D eigenvalue weighted by atomic mass is 16.3. The predicted molar refractivity (Wildman–Crippen MR) is 85.8 cm³/mol. The highest BCUT2D eigenvalue weighted by Crippen LogP contribution is 2.27. The van der Waals surface area contributed by atoms with Gasteiger partial charge in [-0.3, -0.25) is 5.84 Å². The maximum Gasteiger partial charge on any atom is 0.134 e. The van der Waals surface area contributed by atoms with Crippen LogP contribution in [-0.2, 0) is 6.42 Å². The van der Waals surface area contributed by atoms with Gasteiger partial charge in [0, 0.05) is 5.39 Å². The molecule has 0 saturated carbocycles. The maximum atomic E-state index is 5.92. The van der Waals surface area contributed by atoms with Gasteiger partial charge < -0.3 is 4.42 Å². The molecule has 0 spiro atoms. The Hall–Kier alpha value is -2.10. The van der Waals surface area contributed by atoms with Crippen LogP contribution in [0.5, 0.6) is 0 Å². The molecule has 2 aromatic carbocycles. The summed E-state index contributed by atoms with van der Waals surface area (Å²) < 4.78 is 5.92. The molecule has 0 saturated heterocycles. The number of hydrazine groups is 1. The Morgan fingerprint density at radius 3 is 2.67 bits per heavy atom. The van der Waals surface area contributed by atoms with Gasteiger partial charge in [-0.25, -0.2) is 5.43 Å². The van der Waals surface area contributed by atoms with Crippen LogP contribution in [0, 0.1) is 6.92 Å². The van der Waals surface area contributed by atoms with Gasteiger partial charge in [0.05, 0.1) is 6.04 Å². The van der Waals surface area contributed by atoms with Gasteiger partial charge in [-0.2, -0.15) is 0 Å². The summed E-state index contributed by atoms with van der Waals surface area (Å²) in [5.74, 6) is 6.61. The Morgan fingerprint density at radius 2 is 1.90 bits per heavy atom. The Bertz CT molecular complexity index is 718. The van der Waals surface area contributed by atoms with Crippen molar-refractivity contribution in [3.05, 3.63) is 71.5 Å². The van der Waals surface area contributed by atoms with Crippen LogP contribution < -0.4 is 11.3 Å². The molecule has 3 rings (SSSR count). The molecule has 1 unspecified atom stereocenters. The van der Waals surface area contributed by atoms with Crippen LogP contribution >= 0.6 is 0 Å². The molecule has 1 atom stereocenters.